The second-order valence-corrected chi connectivity index (χ2v) is 1.83. The molecule has 0 amide bonds. The molecule has 0 N–H and O–H groups in total. The molecule has 1 heterocycles. The lowest BCUT2D eigenvalue weighted by Gasteiger charge is -2.04. The Kier molecular flexibility index (Phi) is 1.42. The third-order valence-corrected chi connectivity index (χ3v) is 1.19. The summed E-state index contributed by atoms with van der Waals surface area (Å²) in [5, 5.41) is 0. The van der Waals surface area contributed by atoms with Gasteiger partial charge in [-0.1, -0.05) is 0 Å². The van der Waals surface area contributed by atoms with Crippen LogP contribution in [0.15, 0.2) is 11.8 Å². The van der Waals surface area contributed by atoms with E-state index in [9.17, 15) is 4.79 Å². The van der Waals surface area contributed by atoms with Crippen LogP contribution in [0.5, 0.6) is 0 Å². The van der Waals surface area contributed by atoms with E-state index in [2.05, 4.69) is 0 Å². The van der Waals surface area contributed by atoms with Crippen molar-refractivity contribution >= 4 is 5.97 Å². The highest BCUT2D eigenvalue weighted by Crippen LogP contribution is 2.14. The molecule has 1 atom stereocenters. The van der Waals surface area contributed by atoms with Crippen molar-refractivity contribution in [2.24, 2.45) is 0 Å². The van der Waals surface area contributed by atoms with E-state index < -0.39 is 0 Å². The maximum absolute atomic E-state index is 10.4. The van der Waals surface area contributed by atoms with Gasteiger partial charge in [-0.15, -0.1) is 0 Å². The predicted molar refractivity (Wildman–Crippen MR) is 30.6 cm³/mol. The number of hydrogen-bond donors (Lipinski definition) is 0. The van der Waals surface area contributed by atoms with E-state index in [-0.39, 0.29) is 12.1 Å². The highest BCUT2D eigenvalue weighted by atomic mass is 16.6. The Hall–Kier alpha value is -0.990. The van der Waals surface area contributed by atoms with Crippen molar-refractivity contribution < 1.29 is 14.3 Å². The molecule has 0 bridgehead atoms. The molecule has 1 aliphatic heterocycles. The van der Waals surface area contributed by atoms with Crippen molar-refractivity contribution in [2.45, 2.75) is 13.0 Å². The summed E-state index contributed by atoms with van der Waals surface area (Å²) in [6.07, 6.45) is 1.15. The standard InChI is InChI=1S/C6H8O3/c1-4-5(8-2)3-6(7)9-4/h3-4H,1-2H3. The van der Waals surface area contributed by atoms with Crippen LogP contribution in [0.2, 0.25) is 0 Å². The molecule has 1 rings (SSSR count). The minimum Gasteiger partial charge on any atom is -0.497 e. The van der Waals surface area contributed by atoms with Gasteiger partial charge in [-0.3, -0.25) is 0 Å². The van der Waals surface area contributed by atoms with E-state index in [4.69, 9.17) is 9.47 Å². The lowest BCUT2D eigenvalue weighted by Crippen LogP contribution is -2.06. The second-order valence-electron chi connectivity index (χ2n) is 1.83. The first-order valence-electron chi connectivity index (χ1n) is 2.70. The van der Waals surface area contributed by atoms with Crippen molar-refractivity contribution in [1.29, 1.82) is 0 Å². The van der Waals surface area contributed by atoms with E-state index in [1.807, 2.05) is 0 Å². The molecule has 0 aliphatic carbocycles. The van der Waals surface area contributed by atoms with Gasteiger partial charge in [0.15, 0.2) is 6.10 Å². The van der Waals surface area contributed by atoms with Crippen LogP contribution in [0.3, 0.4) is 0 Å². The molecule has 0 aromatic carbocycles. The molecule has 0 saturated carbocycles. The van der Waals surface area contributed by atoms with Gasteiger partial charge in [0.05, 0.1) is 13.2 Å². The fourth-order valence-corrected chi connectivity index (χ4v) is 0.725. The number of hydrogen-bond acceptors (Lipinski definition) is 3. The quantitative estimate of drug-likeness (QED) is 0.481. The normalized spacial score (nSPS) is 25.3. The first-order valence-corrected chi connectivity index (χ1v) is 2.70. The van der Waals surface area contributed by atoms with Crippen molar-refractivity contribution in [3.63, 3.8) is 0 Å². The maximum atomic E-state index is 10.4. The van der Waals surface area contributed by atoms with E-state index in [1.165, 1.54) is 13.2 Å². The molecule has 0 aromatic rings. The Morgan fingerprint density at radius 1 is 1.78 bits per heavy atom. The Labute approximate surface area is 53.3 Å². The predicted octanol–water partition coefficient (Wildman–Crippen LogP) is 0.462. The number of cyclic esters (lactones) is 1. The molecular weight excluding hydrogens is 120 g/mol. The summed E-state index contributed by atoms with van der Waals surface area (Å²) in [7, 11) is 1.52. The monoisotopic (exact) mass is 128 g/mol. The highest BCUT2D eigenvalue weighted by molar-refractivity contribution is 5.85. The van der Waals surface area contributed by atoms with Crippen LogP contribution >= 0.6 is 0 Å². The number of rotatable bonds is 1. The molecule has 3 nitrogen and oxygen atoms in total. The van der Waals surface area contributed by atoms with Gasteiger partial charge in [-0.05, 0) is 6.92 Å². The molecule has 0 radical (unpaired) electrons. The molecule has 0 aromatic heterocycles. The molecule has 0 fully saturated rings. The van der Waals surface area contributed by atoms with Gasteiger partial charge in [-0.2, -0.15) is 0 Å². The molecular formula is C6H8O3. The minimum atomic E-state index is -0.320. The van der Waals surface area contributed by atoms with Gasteiger partial charge in [0, 0.05) is 0 Å². The molecule has 9 heavy (non-hydrogen) atoms. The van der Waals surface area contributed by atoms with E-state index in [0.29, 0.717) is 5.76 Å². The summed E-state index contributed by atoms with van der Waals surface area (Å²) < 4.78 is 9.52. The van der Waals surface area contributed by atoms with Crippen LogP contribution < -0.4 is 0 Å². The lowest BCUT2D eigenvalue weighted by atomic mass is 10.3. The Morgan fingerprint density at radius 3 is 2.67 bits per heavy atom. The largest absolute Gasteiger partial charge is 0.497 e. The van der Waals surface area contributed by atoms with Crippen molar-refractivity contribution in [2.75, 3.05) is 7.11 Å². The van der Waals surface area contributed by atoms with Crippen LogP contribution in [0, 0.1) is 0 Å². The maximum Gasteiger partial charge on any atom is 0.335 e. The van der Waals surface area contributed by atoms with Gasteiger partial charge in [0.25, 0.3) is 0 Å². The zero-order chi connectivity index (χ0) is 6.85. The highest BCUT2D eigenvalue weighted by Gasteiger charge is 2.21. The van der Waals surface area contributed by atoms with Gasteiger partial charge in [0.1, 0.15) is 5.76 Å². The second kappa shape index (κ2) is 2.09. The molecule has 1 aliphatic rings. The summed E-state index contributed by atoms with van der Waals surface area (Å²) in [6, 6.07) is 0. The number of ether oxygens (including phenoxy) is 2. The zero-order valence-corrected chi connectivity index (χ0v) is 5.38. The lowest BCUT2D eigenvalue weighted by molar-refractivity contribution is -0.138. The van der Waals surface area contributed by atoms with Gasteiger partial charge in [0.2, 0.25) is 0 Å². The fourth-order valence-electron chi connectivity index (χ4n) is 0.725. The minimum absolute atomic E-state index is 0.206. The van der Waals surface area contributed by atoms with Crippen LogP contribution in [0.1, 0.15) is 6.92 Å². The molecule has 0 spiro atoms. The first-order chi connectivity index (χ1) is 4.24. The summed E-state index contributed by atoms with van der Waals surface area (Å²) in [6.45, 7) is 1.76. The Morgan fingerprint density at radius 2 is 2.44 bits per heavy atom. The van der Waals surface area contributed by atoms with Crippen LogP contribution in [0.4, 0.5) is 0 Å². The van der Waals surface area contributed by atoms with Crippen LogP contribution in [-0.4, -0.2) is 19.2 Å². The molecule has 0 saturated heterocycles. The number of carbonyl (C=O) groups is 1. The molecule has 1 unspecified atom stereocenters. The fraction of sp³-hybridized carbons (Fsp3) is 0.500. The van der Waals surface area contributed by atoms with Crippen molar-refractivity contribution in [1.82, 2.24) is 0 Å². The smallest absolute Gasteiger partial charge is 0.335 e. The first kappa shape index (κ1) is 6.13. The van der Waals surface area contributed by atoms with Gasteiger partial charge >= 0.3 is 5.97 Å². The number of carbonyl (C=O) groups excluding carboxylic acids is 1. The summed E-state index contributed by atoms with van der Waals surface area (Å²) in [5.74, 6) is 0.277. The SMILES string of the molecule is COC1=CC(=O)OC1C. The van der Waals surface area contributed by atoms with Gasteiger partial charge < -0.3 is 9.47 Å². The Bertz CT molecular complexity index is 160. The molecule has 3 heteroatoms. The summed E-state index contributed by atoms with van der Waals surface area (Å²) in [5.41, 5.74) is 0. The number of methoxy groups -OCH3 is 1. The summed E-state index contributed by atoms with van der Waals surface area (Å²) >= 11 is 0. The van der Waals surface area contributed by atoms with Crippen molar-refractivity contribution in [3.05, 3.63) is 11.8 Å². The number of esters is 1. The van der Waals surface area contributed by atoms with E-state index >= 15 is 0 Å². The Balaban J connectivity index is 2.68. The summed E-state index contributed by atoms with van der Waals surface area (Å²) in [4.78, 5) is 10.4. The van der Waals surface area contributed by atoms with E-state index in [1.54, 1.807) is 6.92 Å². The third kappa shape index (κ3) is 1.04. The topological polar surface area (TPSA) is 35.5 Å². The average molecular weight is 128 g/mol. The zero-order valence-electron chi connectivity index (χ0n) is 5.38. The van der Waals surface area contributed by atoms with Crippen LogP contribution in [0.25, 0.3) is 0 Å². The van der Waals surface area contributed by atoms with Crippen molar-refractivity contribution in [3.8, 4) is 0 Å². The molecule has 50 valence electrons. The van der Waals surface area contributed by atoms with E-state index in [0.717, 1.165) is 0 Å². The average Bonchev–Trinajstić information content (AvgIpc) is 2.10. The third-order valence-electron chi connectivity index (χ3n) is 1.19. The van der Waals surface area contributed by atoms with Crippen LogP contribution in [-0.2, 0) is 14.3 Å². The van der Waals surface area contributed by atoms with Gasteiger partial charge in [-0.25, -0.2) is 4.79 Å².